The van der Waals surface area contributed by atoms with Crippen LogP contribution in [0, 0.1) is 0 Å². The summed E-state index contributed by atoms with van der Waals surface area (Å²) < 4.78 is 36.5. The van der Waals surface area contributed by atoms with E-state index in [1.165, 1.54) is 30.5 Å². The summed E-state index contributed by atoms with van der Waals surface area (Å²) in [6, 6.07) is 7.39. The van der Waals surface area contributed by atoms with Gasteiger partial charge in [-0.1, -0.05) is 12.1 Å². The van der Waals surface area contributed by atoms with Gasteiger partial charge in [-0.2, -0.15) is 13.2 Å². The van der Waals surface area contributed by atoms with Gasteiger partial charge in [-0.15, -0.1) is 0 Å². The Morgan fingerprint density at radius 3 is 2.37 bits per heavy atom. The number of anilines is 1. The lowest BCUT2D eigenvalue weighted by Gasteiger charge is -2.06. The molecule has 0 fully saturated rings. The van der Waals surface area contributed by atoms with Gasteiger partial charge in [-0.3, -0.25) is 0 Å². The molecule has 100 valence electrons. The molecule has 0 aliphatic carbocycles. The summed E-state index contributed by atoms with van der Waals surface area (Å²) in [7, 11) is 0. The van der Waals surface area contributed by atoms with Crippen molar-refractivity contribution in [3.63, 3.8) is 0 Å². The van der Waals surface area contributed by atoms with E-state index in [1.807, 2.05) is 0 Å². The molecule has 1 heterocycles. The molecular weight excluding hydrogens is 277 g/mol. The number of aromatic nitrogens is 2. The minimum absolute atomic E-state index is 0.115. The molecule has 0 bridgehead atoms. The van der Waals surface area contributed by atoms with Gasteiger partial charge in [0, 0.05) is 22.7 Å². The molecule has 0 saturated carbocycles. The number of nitrogen functional groups attached to an aromatic ring is 1. The summed E-state index contributed by atoms with van der Waals surface area (Å²) in [4.78, 5) is 8.23. The lowest BCUT2D eigenvalue weighted by atomic mass is 10.2. The monoisotopic (exact) mass is 286 g/mol. The molecule has 0 spiro atoms. The van der Waals surface area contributed by atoms with Crippen molar-refractivity contribution in [3.8, 4) is 11.4 Å². The van der Waals surface area contributed by atoms with E-state index in [4.69, 9.17) is 5.84 Å². The van der Waals surface area contributed by atoms with Gasteiger partial charge in [-0.25, -0.2) is 15.8 Å². The Morgan fingerprint density at radius 1 is 1.11 bits per heavy atom. The van der Waals surface area contributed by atoms with Crippen molar-refractivity contribution in [2.24, 2.45) is 5.84 Å². The summed E-state index contributed by atoms with van der Waals surface area (Å²) in [5.74, 6) is 6.04. The van der Waals surface area contributed by atoms with E-state index in [1.54, 1.807) is 6.07 Å². The standard InChI is InChI=1S/C11H9F3N4S/c12-11(13,14)19-8-3-1-7(2-4-8)10-16-6-5-9(17-10)18-15/h1-6H,15H2,(H,16,17,18). The lowest BCUT2D eigenvalue weighted by molar-refractivity contribution is -0.0328. The van der Waals surface area contributed by atoms with Crippen molar-refractivity contribution in [3.05, 3.63) is 36.5 Å². The minimum atomic E-state index is -4.29. The maximum Gasteiger partial charge on any atom is 0.446 e. The average molecular weight is 286 g/mol. The second kappa shape index (κ2) is 5.45. The average Bonchev–Trinajstić information content (AvgIpc) is 2.38. The zero-order valence-electron chi connectivity index (χ0n) is 9.48. The summed E-state index contributed by atoms with van der Waals surface area (Å²) in [6.07, 6.45) is 1.51. The van der Waals surface area contributed by atoms with E-state index >= 15 is 0 Å². The van der Waals surface area contributed by atoms with Gasteiger partial charge in [-0.05, 0) is 23.9 Å². The van der Waals surface area contributed by atoms with Gasteiger partial charge in [0.2, 0.25) is 0 Å². The van der Waals surface area contributed by atoms with Crippen LogP contribution in [0.2, 0.25) is 0 Å². The Balaban J connectivity index is 2.22. The fraction of sp³-hybridized carbons (Fsp3) is 0.0909. The highest BCUT2D eigenvalue weighted by molar-refractivity contribution is 8.00. The number of hydrogen-bond donors (Lipinski definition) is 2. The van der Waals surface area contributed by atoms with Crippen molar-refractivity contribution >= 4 is 17.6 Å². The molecule has 0 unspecified atom stereocenters. The van der Waals surface area contributed by atoms with E-state index in [9.17, 15) is 13.2 Å². The maximum absolute atomic E-state index is 12.2. The SMILES string of the molecule is NNc1ccnc(-c2ccc(SC(F)(F)F)cc2)n1. The number of benzene rings is 1. The first-order valence-electron chi connectivity index (χ1n) is 5.14. The van der Waals surface area contributed by atoms with Gasteiger partial charge in [0.1, 0.15) is 5.82 Å². The van der Waals surface area contributed by atoms with Gasteiger partial charge >= 0.3 is 5.51 Å². The van der Waals surface area contributed by atoms with Crippen LogP contribution in [0.25, 0.3) is 11.4 Å². The minimum Gasteiger partial charge on any atom is -0.308 e. The Morgan fingerprint density at radius 2 is 1.79 bits per heavy atom. The maximum atomic E-state index is 12.2. The highest BCUT2D eigenvalue weighted by Gasteiger charge is 2.29. The smallest absolute Gasteiger partial charge is 0.308 e. The largest absolute Gasteiger partial charge is 0.446 e. The fourth-order valence-corrected chi connectivity index (χ4v) is 1.92. The van der Waals surface area contributed by atoms with E-state index in [-0.39, 0.29) is 16.7 Å². The third-order valence-electron chi connectivity index (χ3n) is 2.15. The van der Waals surface area contributed by atoms with Crippen LogP contribution >= 0.6 is 11.8 Å². The van der Waals surface area contributed by atoms with E-state index in [0.29, 0.717) is 17.2 Å². The fourth-order valence-electron chi connectivity index (χ4n) is 1.38. The highest BCUT2D eigenvalue weighted by Crippen LogP contribution is 2.37. The second-order valence-electron chi connectivity index (χ2n) is 3.48. The van der Waals surface area contributed by atoms with Gasteiger partial charge in [0.05, 0.1) is 0 Å². The van der Waals surface area contributed by atoms with Gasteiger partial charge in [0.25, 0.3) is 0 Å². The van der Waals surface area contributed by atoms with Crippen molar-refractivity contribution in [1.29, 1.82) is 0 Å². The van der Waals surface area contributed by atoms with Crippen molar-refractivity contribution in [1.82, 2.24) is 9.97 Å². The predicted molar refractivity (Wildman–Crippen MR) is 67.2 cm³/mol. The zero-order chi connectivity index (χ0) is 13.9. The second-order valence-corrected chi connectivity index (χ2v) is 4.62. The van der Waals surface area contributed by atoms with Crippen molar-refractivity contribution < 1.29 is 13.2 Å². The normalized spacial score (nSPS) is 11.4. The molecular formula is C11H9F3N4S. The third-order valence-corrected chi connectivity index (χ3v) is 2.89. The number of halogens is 3. The van der Waals surface area contributed by atoms with Crippen LogP contribution in [0.1, 0.15) is 0 Å². The van der Waals surface area contributed by atoms with Crippen LogP contribution in [-0.2, 0) is 0 Å². The van der Waals surface area contributed by atoms with Crippen LogP contribution in [0.15, 0.2) is 41.4 Å². The molecule has 8 heteroatoms. The first kappa shape index (κ1) is 13.6. The molecule has 1 aromatic heterocycles. The topological polar surface area (TPSA) is 63.8 Å². The summed E-state index contributed by atoms with van der Waals surface area (Å²) in [5.41, 5.74) is -1.30. The summed E-state index contributed by atoms with van der Waals surface area (Å²) >= 11 is -0.161. The van der Waals surface area contributed by atoms with Crippen molar-refractivity contribution in [2.75, 3.05) is 5.43 Å². The van der Waals surface area contributed by atoms with Crippen LogP contribution in [-0.4, -0.2) is 15.5 Å². The third kappa shape index (κ3) is 3.83. The molecule has 0 radical (unpaired) electrons. The molecule has 0 aliphatic rings. The van der Waals surface area contributed by atoms with Crippen molar-refractivity contribution in [2.45, 2.75) is 10.4 Å². The zero-order valence-corrected chi connectivity index (χ0v) is 10.3. The Bertz CT molecular complexity index is 557. The van der Waals surface area contributed by atoms with Crippen LogP contribution in [0.3, 0.4) is 0 Å². The molecule has 3 N–H and O–H groups in total. The molecule has 2 rings (SSSR count). The predicted octanol–water partition coefficient (Wildman–Crippen LogP) is 3.04. The molecule has 0 amide bonds. The summed E-state index contributed by atoms with van der Waals surface area (Å²) in [6.45, 7) is 0. The van der Waals surface area contributed by atoms with Crippen LogP contribution in [0.4, 0.5) is 19.0 Å². The molecule has 0 saturated heterocycles. The molecule has 4 nitrogen and oxygen atoms in total. The number of hydrazine groups is 1. The molecule has 2 aromatic rings. The first-order valence-corrected chi connectivity index (χ1v) is 5.95. The number of thioether (sulfide) groups is 1. The Labute approximate surface area is 111 Å². The number of rotatable bonds is 3. The highest BCUT2D eigenvalue weighted by atomic mass is 32.2. The number of nitrogens with two attached hydrogens (primary N) is 1. The number of alkyl halides is 3. The molecule has 0 atom stereocenters. The first-order chi connectivity index (χ1) is 8.98. The number of nitrogens with zero attached hydrogens (tertiary/aromatic N) is 2. The number of hydrogen-bond acceptors (Lipinski definition) is 5. The lowest BCUT2D eigenvalue weighted by Crippen LogP contribution is -2.09. The number of nitrogens with one attached hydrogen (secondary N) is 1. The molecule has 1 aromatic carbocycles. The van der Waals surface area contributed by atoms with E-state index < -0.39 is 5.51 Å². The molecule has 19 heavy (non-hydrogen) atoms. The van der Waals surface area contributed by atoms with Gasteiger partial charge in [0.15, 0.2) is 5.82 Å². The van der Waals surface area contributed by atoms with Crippen LogP contribution in [0.5, 0.6) is 0 Å². The quantitative estimate of drug-likeness (QED) is 0.516. The van der Waals surface area contributed by atoms with E-state index in [2.05, 4.69) is 15.4 Å². The summed E-state index contributed by atoms with van der Waals surface area (Å²) in [5, 5.41) is 0. The Kier molecular flexibility index (Phi) is 3.91. The van der Waals surface area contributed by atoms with E-state index in [0.717, 1.165) is 0 Å². The Hall–Kier alpha value is -1.80. The van der Waals surface area contributed by atoms with Gasteiger partial charge < -0.3 is 5.43 Å². The van der Waals surface area contributed by atoms with Crippen LogP contribution < -0.4 is 11.3 Å². The molecule has 0 aliphatic heterocycles.